The molecule has 0 radical (unpaired) electrons. The Bertz CT molecular complexity index is 848. The summed E-state index contributed by atoms with van der Waals surface area (Å²) in [5, 5.41) is 6.62. The smallest absolute Gasteiger partial charge is 0.369 e. The molecular weight excluding hydrogens is 417 g/mol. The zero-order chi connectivity index (χ0) is 22.8. The number of anilines is 1. The number of pyridine rings is 1. The number of halogens is 3. The largest absolute Gasteiger partial charge is 0.416 e. The summed E-state index contributed by atoms with van der Waals surface area (Å²) in [7, 11) is 1.75. The lowest BCUT2D eigenvalue weighted by Gasteiger charge is -2.36. The first-order valence-corrected chi connectivity index (χ1v) is 10.9. The number of guanidine groups is 1. The first-order valence-electron chi connectivity index (χ1n) is 10.9. The van der Waals surface area contributed by atoms with E-state index in [1.807, 2.05) is 23.1 Å². The van der Waals surface area contributed by atoms with Gasteiger partial charge >= 0.3 is 6.18 Å². The Labute approximate surface area is 187 Å². The van der Waals surface area contributed by atoms with Crippen molar-refractivity contribution in [1.29, 1.82) is 0 Å². The minimum atomic E-state index is -4.31. The van der Waals surface area contributed by atoms with Crippen LogP contribution in [0.2, 0.25) is 0 Å². The van der Waals surface area contributed by atoms with Gasteiger partial charge in [-0.25, -0.2) is 0 Å². The van der Waals surface area contributed by atoms with Gasteiger partial charge in [0.05, 0.1) is 5.56 Å². The fraction of sp³-hybridized carbons (Fsp3) is 0.478. The minimum absolute atomic E-state index is 0.592. The van der Waals surface area contributed by atoms with Gasteiger partial charge in [-0.2, -0.15) is 13.2 Å². The highest BCUT2D eigenvalue weighted by atomic mass is 19.4. The molecule has 6 nitrogen and oxygen atoms in total. The van der Waals surface area contributed by atoms with E-state index in [1.54, 1.807) is 19.3 Å². The van der Waals surface area contributed by atoms with Gasteiger partial charge in [0.15, 0.2) is 5.96 Å². The number of hydrogen-bond acceptors (Lipinski definition) is 4. The van der Waals surface area contributed by atoms with Crippen LogP contribution in [0.5, 0.6) is 0 Å². The van der Waals surface area contributed by atoms with Gasteiger partial charge in [-0.15, -0.1) is 0 Å². The second kappa shape index (κ2) is 11.7. The highest BCUT2D eigenvalue weighted by Crippen LogP contribution is 2.31. The molecule has 3 rings (SSSR count). The Morgan fingerprint density at radius 1 is 1.03 bits per heavy atom. The number of piperazine rings is 1. The zero-order valence-corrected chi connectivity index (χ0v) is 18.4. The first kappa shape index (κ1) is 23.8. The van der Waals surface area contributed by atoms with Crippen molar-refractivity contribution in [2.75, 3.05) is 57.8 Å². The molecule has 1 aromatic heterocycles. The molecule has 32 heavy (non-hydrogen) atoms. The predicted molar refractivity (Wildman–Crippen MR) is 122 cm³/mol. The van der Waals surface area contributed by atoms with Crippen LogP contribution in [0.4, 0.5) is 18.9 Å². The third kappa shape index (κ3) is 7.40. The molecular formula is C23H31F3N6. The van der Waals surface area contributed by atoms with Gasteiger partial charge in [0.2, 0.25) is 0 Å². The Balaban J connectivity index is 1.32. The number of nitrogens with zero attached hydrogens (tertiary/aromatic N) is 4. The van der Waals surface area contributed by atoms with Crippen LogP contribution < -0.4 is 15.5 Å². The monoisotopic (exact) mass is 448 g/mol. The van der Waals surface area contributed by atoms with Gasteiger partial charge in [-0.1, -0.05) is 12.1 Å². The first-order chi connectivity index (χ1) is 15.5. The normalized spacial score (nSPS) is 15.6. The molecule has 0 amide bonds. The van der Waals surface area contributed by atoms with E-state index in [2.05, 4.69) is 25.5 Å². The third-order valence-corrected chi connectivity index (χ3v) is 5.48. The fourth-order valence-corrected chi connectivity index (χ4v) is 3.69. The van der Waals surface area contributed by atoms with Crippen molar-refractivity contribution in [3.63, 3.8) is 0 Å². The van der Waals surface area contributed by atoms with E-state index < -0.39 is 11.7 Å². The summed E-state index contributed by atoms with van der Waals surface area (Å²) in [5.74, 6) is 0.773. The van der Waals surface area contributed by atoms with E-state index in [9.17, 15) is 13.2 Å². The maximum Gasteiger partial charge on any atom is 0.416 e. The minimum Gasteiger partial charge on any atom is -0.369 e. The lowest BCUT2D eigenvalue weighted by Crippen LogP contribution is -2.47. The highest BCUT2D eigenvalue weighted by Gasteiger charge is 2.31. The van der Waals surface area contributed by atoms with Crippen LogP contribution in [0.25, 0.3) is 0 Å². The SMILES string of the molecule is CN=C(NCCCN1CCN(c2cccc(C(F)(F)F)c2)CC1)NCCc1ccccn1. The van der Waals surface area contributed by atoms with Gasteiger partial charge in [0, 0.05) is 70.3 Å². The molecule has 0 unspecified atom stereocenters. The number of benzene rings is 1. The summed E-state index contributed by atoms with van der Waals surface area (Å²) in [4.78, 5) is 12.9. The van der Waals surface area contributed by atoms with Crippen molar-refractivity contribution in [3.05, 3.63) is 59.9 Å². The summed E-state index contributed by atoms with van der Waals surface area (Å²) in [6, 6.07) is 11.5. The van der Waals surface area contributed by atoms with Gasteiger partial charge in [-0.3, -0.25) is 14.9 Å². The lowest BCUT2D eigenvalue weighted by molar-refractivity contribution is -0.137. The van der Waals surface area contributed by atoms with Crippen molar-refractivity contribution in [1.82, 2.24) is 20.5 Å². The van der Waals surface area contributed by atoms with E-state index in [0.717, 1.165) is 76.4 Å². The van der Waals surface area contributed by atoms with Crippen molar-refractivity contribution in [2.24, 2.45) is 4.99 Å². The molecule has 0 spiro atoms. The van der Waals surface area contributed by atoms with Gasteiger partial charge in [-0.05, 0) is 43.3 Å². The van der Waals surface area contributed by atoms with Gasteiger partial charge < -0.3 is 15.5 Å². The van der Waals surface area contributed by atoms with E-state index in [-0.39, 0.29) is 0 Å². The Morgan fingerprint density at radius 3 is 2.50 bits per heavy atom. The van der Waals surface area contributed by atoms with Crippen molar-refractivity contribution >= 4 is 11.6 Å². The molecule has 0 saturated carbocycles. The van der Waals surface area contributed by atoms with Crippen LogP contribution in [0.1, 0.15) is 17.7 Å². The Kier molecular flexibility index (Phi) is 8.72. The molecule has 0 aliphatic carbocycles. The van der Waals surface area contributed by atoms with Crippen molar-refractivity contribution in [2.45, 2.75) is 19.0 Å². The number of aromatic nitrogens is 1. The Hall–Kier alpha value is -2.81. The molecule has 1 aliphatic rings. The average molecular weight is 449 g/mol. The second-order valence-electron chi connectivity index (χ2n) is 7.73. The average Bonchev–Trinajstić information content (AvgIpc) is 2.81. The van der Waals surface area contributed by atoms with Gasteiger partial charge in [0.25, 0.3) is 0 Å². The topological polar surface area (TPSA) is 55.8 Å². The molecule has 2 aromatic rings. The fourth-order valence-electron chi connectivity index (χ4n) is 3.69. The summed E-state index contributed by atoms with van der Waals surface area (Å²) >= 11 is 0. The number of rotatable bonds is 8. The summed E-state index contributed by atoms with van der Waals surface area (Å²) in [6.45, 7) is 5.64. The standard InChI is InChI=1S/C23H31F3N6/c1-27-22(30-12-9-20-7-2-3-10-28-20)29-11-5-13-31-14-16-32(17-15-31)21-8-4-6-19(18-21)23(24,25)26/h2-4,6-8,10,18H,5,9,11-17H2,1H3,(H2,27,29,30). The second-order valence-corrected chi connectivity index (χ2v) is 7.73. The van der Waals surface area contributed by atoms with Crippen LogP contribution in [0, 0.1) is 0 Å². The van der Waals surface area contributed by atoms with E-state index >= 15 is 0 Å². The number of nitrogens with one attached hydrogen (secondary N) is 2. The highest BCUT2D eigenvalue weighted by molar-refractivity contribution is 5.79. The molecule has 1 saturated heterocycles. The molecule has 1 fully saturated rings. The Morgan fingerprint density at radius 2 is 1.81 bits per heavy atom. The maximum absolute atomic E-state index is 13.0. The molecule has 2 N–H and O–H groups in total. The lowest BCUT2D eigenvalue weighted by atomic mass is 10.1. The van der Waals surface area contributed by atoms with Crippen LogP contribution in [-0.4, -0.2) is 68.7 Å². The molecule has 9 heteroatoms. The summed E-state index contributed by atoms with van der Waals surface area (Å²) < 4.78 is 38.9. The van der Waals surface area contributed by atoms with Crippen LogP contribution >= 0.6 is 0 Å². The predicted octanol–water partition coefficient (Wildman–Crippen LogP) is 3.02. The van der Waals surface area contributed by atoms with Crippen LogP contribution in [0.15, 0.2) is 53.7 Å². The third-order valence-electron chi connectivity index (χ3n) is 5.48. The van der Waals surface area contributed by atoms with Crippen molar-refractivity contribution < 1.29 is 13.2 Å². The maximum atomic E-state index is 13.0. The van der Waals surface area contributed by atoms with Crippen LogP contribution in [-0.2, 0) is 12.6 Å². The van der Waals surface area contributed by atoms with E-state index in [4.69, 9.17) is 0 Å². The van der Waals surface area contributed by atoms with Gasteiger partial charge in [0.1, 0.15) is 0 Å². The zero-order valence-electron chi connectivity index (χ0n) is 18.4. The van der Waals surface area contributed by atoms with E-state index in [0.29, 0.717) is 5.69 Å². The summed E-state index contributed by atoms with van der Waals surface area (Å²) in [6.07, 6.45) is -0.719. The molecule has 1 aromatic carbocycles. The molecule has 2 heterocycles. The molecule has 0 atom stereocenters. The molecule has 174 valence electrons. The quantitative estimate of drug-likeness (QED) is 0.369. The van der Waals surface area contributed by atoms with E-state index in [1.165, 1.54) is 12.1 Å². The van der Waals surface area contributed by atoms with Crippen LogP contribution in [0.3, 0.4) is 0 Å². The number of hydrogen-bond donors (Lipinski definition) is 2. The number of aliphatic imine (C=N–C) groups is 1. The molecule has 1 aliphatic heterocycles. The number of alkyl halides is 3. The molecule has 0 bridgehead atoms. The summed E-state index contributed by atoms with van der Waals surface area (Å²) in [5.41, 5.74) is 1.09. The van der Waals surface area contributed by atoms with Crippen molar-refractivity contribution in [3.8, 4) is 0 Å².